The number of nitrogens with zero attached hydrogens (tertiary/aromatic N) is 3. The molecule has 2 aliphatic rings. The van der Waals surface area contributed by atoms with Gasteiger partial charge >= 0.3 is 0 Å². The second-order valence-corrected chi connectivity index (χ2v) is 9.66. The molecule has 2 heterocycles. The van der Waals surface area contributed by atoms with Crippen molar-refractivity contribution in [3.05, 3.63) is 64.9 Å². The van der Waals surface area contributed by atoms with Crippen LogP contribution in [0, 0.1) is 11.8 Å². The Balaban J connectivity index is 1.59. The monoisotopic (exact) mass is 438 g/mol. The smallest absolute Gasteiger partial charge is 0.250 e. The highest BCUT2D eigenvalue weighted by atomic mass is 35.5. The van der Waals surface area contributed by atoms with Crippen molar-refractivity contribution in [1.29, 1.82) is 0 Å². The van der Waals surface area contributed by atoms with Crippen LogP contribution in [0.5, 0.6) is 0 Å². The van der Waals surface area contributed by atoms with Gasteiger partial charge in [-0.3, -0.25) is 14.8 Å². The molecule has 2 atom stereocenters. The van der Waals surface area contributed by atoms with Crippen molar-refractivity contribution < 1.29 is 4.79 Å². The second-order valence-electron chi connectivity index (χ2n) is 9.22. The molecule has 1 aliphatic carbocycles. The maximum atomic E-state index is 13.7. The Bertz CT molecular complexity index is 911. The van der Waals surface area contributed by atoms with E-state index in [1.807, 2.05) is 42.7 Å². The third-order valence-corrected chi connectivity index (χ3v) is 6.39. The summed E-state index contributed by atoms with van der Waals surface area (Å²) in [4.78, 5) is 25.0. The second kappa shape index (κ2) is 9.39. The van der Waals surface area contributed by atoms with E-state index < -0.39 is 5.54 Å². The zero-order chi connectivity index (χ0) is 21.8. The number of pyridine rings is 1. The van der Waals surface area contributed by atoms with E-state index in [0.29, 0.717) is 29.8 Å². The SMILES string of the molecule is CC(C)C[C@@]1(C(=O)NCCc2ccncc2)N=CN(CC2CC2)C1c1ccc(Cl)cc1. The third kappa shape index (κ3) is 5.09. The van der Waals surface area contributed by atoms with Crippen LogP contribution in [0.2, 0.25) is 5.02 Å². The van der Waals surface area contributed by atoms with Gasteiger partial charge in [-0.2, -0.15) is 0 Å². The zero-order valence-electron chi connectivity index (χ0n) is 18.3. The molecule has 1 N–H and O–H groups in total. The summed E-state index contributed by atoms with van der Waals surface area (Å²) >= 11 is 6.17. The first kappa shape index (κ1) is 21.8. The average Bonchev–Trinajstić information content (AvgIpc) is 3.50. The number of carbonyl (C=O) groups is 1. The molecule has 0 saturated heterocycles. The summed E-state index contributed by atoms with van der Waals surface area (Å²) in [7, 11) is 0. The van der Waals surface area contributed by atoms with Crippen molar-refractivity contribution >= 4 is 23.8 Å². The number of halogens is 1. The number of amides is 1. The van der Waals surface area contributed by atoms with Gasteiger partial charge in [0.2, 0.25) is 0 Å². The Morgan fingerprint density at radius 1 is 1.19 bits per heavy atom. The average molecular weight is 439 g/mol. The summed E-state index contributed by atoms with van der Waals surface area (Å²) in [5, 5.41) is 3.90. The predicted molar refractivity (Wildman–Crippen MR) is 125 cm³/mol. The number of aliphatic imine (C=N–C) groups is 1. The molecule has 0 bridgehead atoms. The highest BCUT2D eigenvalue weighted by Crippen LogP contribution is 2.45. The molecular formula is C25H31ClN4O. The minimum Gasteiger partial charge on any atom is -0.354 e. The molecule has 1 aliphatic heterocycles. The number of aromatic nitrogens is 1. The summed E-state index contributed by atoms with van der Waals surface area (Å²) in [6.45, 7) is 5.84. The van der Waals surface area contributed by atoms with Gasteiger partial charge in [-0.1, -0.05) is 37.6 Å². The molecular weight excluding hydrogens is 408 g/mol. The standard InChI is InChI=1S/C25H31ClN4O/c1-18(2)15-25(24(31)28-14-11-19-9-12-27-13-10-19)23(21-5-7-22(26)8-6-21)30(17-29-25)16-20-3-4-20/h5-10,12-13,17-18,20,23H,3-4,11,14-16H2,1-2H3,(H,28,31)/t23?,25-/m1/s1. The van der Waals surface area contributed by atoms with E-state index in [4.69, 9.17) is 16.6 Å². The van der Waals surface area contributed by atoms with Crippen molar-refractivity contribution in [3.63, 3.8) is 0 Å². The third-order valence-electron chi connectivity index (χ3n) is 6.13. The minimum atomic E-state index is -0.838. The molecule has 0 radical (unpaired) electrons. The van der Waals surface area contributed by atoms with E-state index in [1.54, 1.807) is 12.4 Å². The van der Waals surface area contributed by atoms with E-state index in [0.717, 1.165) is 24.1 Å². The topological polar surface area (TPSA) is 57.6 Å². The fourth-order valence-electron chi connectivity index (χ4n) is 4.54. The molecule has 2 aromatic rings. The van der Waals surface area contributed by atoms with E-state index >= 15 is 0 Å². The summed E-state index contributed by atoms with van der Waals surface area (Å²) in [5.74, 6) is 1.04. The van der Waals surface area contributed by atoms with Crippen molar-refractivity contribution in [2.45, 2.75) is 51.1 Å². The van der Waals surface area contributed by atoms with Crippen molar-refractivity contribution in [2.75, 3.05) is 13.1 Å². The highest BCUT2D eigenvalue weighted by molar-refractivity contribution is 6.30. The van der Waals surface area contributed by atoms with Crippen molar-refractivity contribution in [3.8, 4) is 0 Å². The van der Waals surface area contributed by atoms with Gasteiger partial charge in [0.05, 0.1) is 12.4 Å². The van der Waals surface area contributed by atoms with E-state index in [2.05, 4.69) is 29.0 Å². The van der Waals surface area contributed by atoms with Gasteiger partial charge in [0.15, 0.2) is 5.54 Å². The first-order valence-corrected chi connectivity index (χ1v) is 11.6. The van der Waals surface area contributed by atoms with Gasteiger partial charge in [-0.25, -0.2) is 0 Å². The summed E-state index contributed by atoms with van der Waals surface area (Å²) in [6.07, 6.45) is 9.46. The molecule has 0 spiro atoms. The predicted octanol–water partition coefficient (Wildman–Crippen LogP) is 4.67. The number of nitrogens with one attached hydrogen (secondary N) is 1. The van der Waals surface area contributed by atoms with Crippen LogP contribution >= 0.6 is 11.6 Å². The summed E-state index contributed by atoms with van der Waals surface area (Å²) in [6, 6.07) is 11.8. The molecule has 164 valence electrons. The van der Waals surface area contributed by atoms with E-state index in [9.17, 15) is 4.79 Å². The lowest BCUT2D eigenvalue weighted by molar-refractivity contribution is -0.128. The van der Waals surface area contributed by atoms with Gasteiger partial charge < -0.3 is 10.2 Å². The number of carbonyl (C=O) groups excluding carboxylic acids is 1. The largest absolute Gasteiger partial charge is 0.354 e. The number of hydrogen-bond donors (Lipinski definition) is 1. The zero-order valence-corrected chi connectivity index (χ0v) is 19.1. The molecule has 1 saturated carbocycles. The molecule has 1 unspecified atom stereocenters. The maximum absolute atomic E-state index is 13.7. The molecule has 1 aromatic carbocycles. The van der Waals surface area contributed by atoms with Crippen LogP contribution < -0.4 is 5.32 Å². The van der Waals surface area contributed by atoms with E-state index in [1.165, 1.54) is 12.8 Å². The van der Waals surface area contributed by atoms with Crippen molar-refractivity contribution in [1.82, 2.24) is 15.2 Å². The number of hydrogen-bond acceptors (Lipinski definition) is 4. The van der Waals surface area contributed by atoms with Crippen LogP contribution in [0.15, 0.2) is 53.8 Å². The molecule has 1 aromatic heterocycles. The Hall–Kier alpha value is -2.40. The van der Waals surface area contributed by atoms with Crippen LogP contribution in [0.3, 0.4) is 0 Å². The lowest BCUT2D eigenvalue weighted by Crippen LogP contribution is -2.52. The number of benzene rings is 1. The van der Waals surface area contributed by atoms with Crippen LogP contribution in [0.4, 0.5) is 0 Å². The highest BCUT2D eigenvalue weighted by Gasteiger charge is 2.52. The molecule has 31 heavy (non-hydrogen) atoms. The van der Waals surface area contributed by atoms with Gasteiger partial charge in [0, 0.05) is 30.5 Å². The Morgan fingerprint density at radius 3 is 2.55 bits per heavy atom. The molecule has 1 amide bonds. The quantitative estimate of drug-likeness (QED) is 0.618. The molecule has 6 heteroatoms. The fraction of sp³-hybridized carbons (Fsp3) is 0.480. The first-order chi connectivity index (χ1) is 15.0. The molecule has 4 rings (SSSR count). The Labute approximate surface area is 189 Å². The normalized spacial score (nSPS) is 22.8. The Kier molecular flexibility index (Phi) is 6.61. The lowest BCUT2D eigenvalue weighted by atomic mass is 9.78. The minimum absolute atomic E-state index is 0.00440. The van der Waals surface area contributed by atoms with Crippen LogP contribution in [-0.2, 0) is 11.2 Å². The summed E-state index contributed by atoms with van der Waals surface area (Å²) in [5.41, 5.74) is 1.41. The maximum Gasteiger partial charge on any atom is 0.250 e. The van der Waals surface area contributed by atoms with Gasteiger partial charge in [-0.05, 0) is 72.9 Å². The van der Waals surface area contributed by atoms with Gasteiger partial charge in [0.1, 0.15) is 0 Å². The summed E-state index contributed by atoms with van der Waals surface area (Å²) < 4.78 is 0. The van der Waals surface area contributed by atoms with Crippen LogP contribution in [-0.4, -0.2) is 40.8 Å². The van der Waals surface area contributed by atoms with Gasteiger partial charge in [0.25, 0.3) is 5.91 Å². The molecule has 5 nitrogen and oxygen atoms in total. The lowest BCUT2D eigenvalue weighted by Gasteiger charge is -2.38. The first-order valence-electron chi connectivity index (χ1n) is 11.2. The van der Waals surface area contributed by atoms with Crippen LogP contribution in [0.1, 0.15) is 50.3 Å². The fourth-order valence-corrected chi connectivity index (χ4v) is 4.66. The number of rotatable bonds is 9. The van der Waals surface area contributed by atoms with E-state index in [-0.39, 0.29) is 11.9 Å². The molecule has 1 fully saturated rings. The van der Waals surface area contributed by atoms with Gasteiger partial charge in [-0.15, -0.1) is 0 Å². The van der Waals surface area contributed by atoms with Crippen molar-refractivity contribution in [2.24, 2.45) is 16.8 Å². The van der Waals surface area contributed by atoms with Crippen LogP contribution in [0.25, 0.3) is 0 Å². The Morgan fingerprint density at radius 2 is 1.90 bits per heavy atom.